The molecule has 1 nitrogen and oxygen atoms in total. The SMILES string of the molecule is O=C(CSc1cccc(Br)c1)Cc1c(F)ccc(Br)c1F. The Balaban J connectivity index is 2.01. The summed E-state index contributed by atoms with van der Waals surface area (Å²) in [6, 6.07) is 9.95. The maximum absolute atomic E-state index is 13.8. The van der Waals surface area contributed by atoms with Crippen molar-refractivity contribution in [1.82, 2.24) is 0 Å². The van der Waals surface area contributed by atoms with Crippen molar-refractivity contribution < 1.29 is 13.6 Å². The van der Waals surface area contributed by atoms with Gasteiger partial charge in [-0.3, -0.25) is 4.79 Å². The minimum absolute atomic E-state index is 0.159. The molecule has 110 valence electrons. The molecule has 0 fully saturated rings. The molecule has 2 rings (SSSR count). The predicted molar refractivity (Wildman–Crippen MR) is 87.6 cm³/mol. The number of hydrogen-bond donors (Lipinski definition) is 0. The Morgan fingerprint density at radius 2 is 1.90 bits per heavy atom. The third-order valence-corrected chi connectivity index (χ3v) is 4.87. The Hall–Kier alpha value is -0.720. The van der Waals surface area contributed by atoms with Gasteiger partial charge in [-0.05, 0) is 46.3 Å². The standard InChI is InChI=1S/C15H10Br2F2OS/c16-9-2-1-3-11(6-9)21-8-10(20)7-12-14(18)5-4-13(17)15(12)19/h1-6H,7-8H2. The highest BCUT2D eigenvalue weighted by molar-refractivity contribution is 9.10. The predicted octanol–water partition coefficient (Wildman–Crippen LogP) is 5.39. The van der Waals surface area contributed by atoms with Gasteiger partial charge >= 0.3 is 0 Å². The van der Waals surface area contributed by atoms with Crippen LogP contribution in [0.3, 0.4) is 0 Å². The smallest absolute Gasteiger partial charge is 0.147 e. The van der Waals surface area contributed by atoms with Crippen LogP contribution < -0.4 is 0 Å². The van der Waals surface area contributed by atoms with Crippen molar-refractivity contribution in [2.24, 2.45) is 0 Å². The summed E-state index contributed by atoms with van der Waals surface area (Å²) < 4.78 is 28.4. The number of Topliss-reactive ketones (excluding diaryl/α,β-unsaturated/α-hetero) is 1. The molecule has 0 bridgehead atoms. The second-order valence-electron chi connectivity index (χ2n) is 4.28. The van der Waals surface area contributed by atoms with Gasteiger partial charge < -0.3 is 0 Å². The van der Waals surface area contributed by atoms with Crippen LogP contribution in [0.15, 0.2) is 50.2 Å². The lowest BCUT2D eigenvalue weighted by atomic mass is 10.1. The van der Waals surface area contributed by atoms with Crippen LogP contribution in [0.2, 0.25) is 0 Å². The fourth-order valence-electron chi connectivity index (χ4n) is 1.70. The second kappa shape index (κ2) is 7.51. The average Bonchev–Trinajstić information content (AvgIpc) is 2.46. The minimum Gasteiger partial charge on any atom is -0.298 e. The fourth-order valence-corrected chi connectivity index (χ4v) is 3.44. The van der Waals surface area contributed by atoms with Crippen LogP contribution in [0, 0.1) is 11.6 Å². The van der Waals surface area contributed by atoms with Crippen molar-refractivity contribution in [2.75, 3.05) is 5.75 Å². The number of benzene rings is 2. The highest BCUT2D eigenvalue weighted by Gasteiger charge is 2.16. The van der Waals surface area contributed by atoms with Gasteiger partial charge in [-0.2, -0.15) is 0 Å². The molecule has 0 spiro atoms. The van der Waals surface area contributed by atoms with Crippen molar-refractivity contribution in [3.05, 3.63) is 62.5 Å². The van der Waals surface area contributed by atoms with Crippen molar-refractivity contribution in [2.45, 2.75) is 11.3 Å². The van der Waals surface area contributed by atoms with Crippen LogP contribution in [-0.4, -0.2) is 11.5 Å². The molecule has 2 aromatic rings. The van der Waals surface area contributed by atoms with E-state index in [4.69, 9.17) is 0 Å². The van der Waals surface area contributed by atoms with Crippen molar-refractivity contribution in [1.29, 1.82) is 0 Å². The lowest BCUT2D eigenvalue weighted by Gasteiger charge is -2.06. The van der Waals surface area contributed by atoms with E-state index < -0.39 is 11.6 Å². The number of carbonyl (C=O) groups excluding carboxylic acids is 1. The normalized spacial score (nSPS) is 10.7. The van der Waals surface area contributed by atoms with Crippen LogP contribution in [0.4, 0.5) is 8.78 Å². The molecular formula is C15H10Br2F2OS. The first-order chi connectivity index (χ1) is 9.97. The van der Waals surface area contributed by atoms with E-state index in [1.54, 1.807) is 0 Å². The zero-order valence-electron chi connectivity index (χ0n) is 10.7. The monoisotopic (exact) mass is 434 g/mol. The van der Waals surface area contributed by atoms with E-state index in [-0.39, 0.29) is 28.0 Å². The van der Waals surface area contributed by atoms with Gasteiger partial charge in [0.2, 0.25) is 0 Å². The number of hydrogen-bond acceptors (Lipinski definition) is 2. The fraction of sp³-hybridized carbons (Fsp3) is 0.133. The zero-order valence-corrected chi connectivity index (χ0v) is 14.7. The quantitative estimate of drug-likeness (QED) is 0.462. The minimum atomic E-state index is -0.712. The summed E-state index contributed by atoms with van der Waals surface area (Å²) in [5, 5.41) is 0. The Labute approximate surface area is 142 Å². The molecule has 0 N–H and O–H groups in total. The Kier molecular flexibility index (Phi) is 5.96. The lowest BCUT2D eigenvalue weighted by molar-refractivity contribution is -0.116. The molecule has 0 saturated carbocycles. The number of rotatable bonds is 5. The van der Waals surface area contributed by atoms with Crippen molar-refractivity contribution in [3.63, 3.8) is 0 Å². The molecular weight excluding hydrogens is 426 g/mol. The molecule has 0 saturated heterocycles. The van der Waals surface area contributed by atoms with Gasteiger partial charge in [0.1, 0.15) is 17.4 Å². The van der Waals surface area contributed by atoms with Crippen LogP contribution in [0.1, 0.15) is 5.56 Å². The van der Waals surface area contributed by atoms with E-state index in [1.807, 2.05) is 24.3 Å². The molecule has 0 heterocycles. The number of halogens is 4. The number of thioether (sulfide) groups is 1. The molecule has 21 heavy (non-hydrogen) atoms. The van der Waals surface area contributed by atoms with Gasteiger partial charge in [0.05, 0.1) is 10.2 Å². The number of ketones is 1. The summed E-state index contributed by atoms with van der Waals surface area (Å²) in [7, 11) is 0. The van der Waals surface area contributed by atoms with E-state index in [0.29, 0.717) is 0 Å². The Bertz CT molecular complexity index is 677. The molecule has 0 amide bonds. The first-order valence-corrected chi connectivity index (χ1v) is 8.57. The summed E-state index contributed by atoms with van der Waals surface area (Å²) in [6.45, 7) is 0. The Morgan fingerprint density at radius 3 is 2.62 bits per heavy atom. The van der Waals surface area contributed by atoms with Gasteiger partial charge in [-0.25, -0.2) is 8.78 Å². The van der Waals surface area contributed by atoms with Crippen molar-refractivity contribution in [3.8, 4) is 0 Å². The molecule has 0 aliphatic heterocycles. The topological polar surface area (TPSA) is 17.1 Å². The van der Waals surface area contributed by atoms with Crippen molar-refractivity contribution >= 4 is 49.4 Å². The summed E-state index contributed by atoms with van der Waals surface area (Å²) in [6.07, 6.45) is -0.252. The van der Waals surface area contributed by atoms with Crippen LogP contribution >= 0.6 is 43.6 Å². The van der Waals surface area contributed by atoms with Gasteiger partial charge in [-0.15, -0.1) is 11.8 Å². The molecule has 2 aromatic carbocycles. The lowest BCUT2D eigenvalue weighted by Crippen LogP contribution is -2.09. The molecule has 6 heteroatoms. The average molecular weight is 436 g/mol. The maximum atomic E-state index is 13.8. The molecule has 0 aromatic heterocycles. The summed E-state index contributed by atoms with van der Waals surface area (Å²) >= 11 is 7.68. The summed E-state index contributed by atoms with van der Waals surface area (Å²) in [5.74, 6) is -1.47. The molecule has 0 aliphatic carbocycles. The van der Waals surface area contributed by atoms with E-state index in [0.717, 1.165) is 15.4 Å². The summed E-state index contributed by atoms with van der Waals surface area (Å²) in [5.41, 5.74) is -0.191. The third-order valence-electron chi connectivity index (χ3n) is 2.71. The first-order valence-electron chi connectivity index (χ1n) is 6.00. The molecule has 0 radical (unpaired) electrons. The van der Waals surface area contributed by atoms with Crippen LogP contribution in [-0.2, 0) is 11.2 Å². The Morgan fingerprint density at radius 1 is 1.14 bits per heavy atom. The first kappa shape index (κ1) is 16.6. The zero-order chi connectivity index (χ0) is 15.4. The second-order valence-corrected chi connectivity index (χ2v) is 7.10. The maximum Gasteiger partial charge on any atom is 0.147 e. The van der Waals surface area contributed by atoms with E-state index in [9.17, 15) is 13.6 Å². The van der Waals surface area contributed by atoms with Gasteiger partial charge in [0, 0.05) is 21.4 Å². The highest BCUT2D eigenvalue weighted by Crippen LogP contribution is 2.25. The molecule has 0 unspecified atom stereocenters. The summed E-state index contributed by atoms with van der Waals surface area (Å²) in [4.78, 5) is 12.8. The number of carbonyl (C=O) groups is 1. The van der Waals surface area contributed by atoms with E-state index in [2.05, 4.69) is 31.9 Å². The van der Waals surface area contributed by atoms with Crippen LogP contribution in [0.5, 0.6) is 0 Å². The van der Waals surface area contributed by atoms with Gasteiger partial charge in [0.25, 0.3) is 0 Å². The van der Waals surface area contributed by atoms with Gasteiger partial charge in [0.15, 0.2) is 0 Å². The molecule has 0 aliphatic rings. The van der Waals surface area contributed by atoms with Crippen LogP contribution in [0.25, 0.3) is 0 Å². The largest absolute Gasteiger partial charge is 0.298 e. The van der Waals surface area contributed by atoms with Gasteiger partial charge in [-0.1, -0.05) is 22.0 Å². The van der Waals surface area contributed by atoms with E-state index >= 15 is 0 Å². The highest BCUT2D eigenvalue weighted by atomic mass is 79.9. The third kappa shape index (κ3) is 4.63. The molecule has 0 atom stereocenters. The van der Waals surface area contributed by atoms with E-state index in [1.165, 1.54) is 17.8 Å².